The lowest BCUT2D eigenvalue weighted by molar-refractivity contribution is 0.132. The first kappa shape index (κ1) is 13.4. The first-order chi connectivity index (χ1) is 7.86. The van der Waals surface area contributed by atoms with Gasteiger partial charge in [0.1, 0.15) is 0 Å². The van der Waals surface area contributed by atoms with E-state index in [1.807, 2.05) is 0 Å². The van der Waals surface area contributed by atoms with Crippen molar-refractivity contribution >= 4 is 0 Å². The number of piperidine rings is 1. The Kier molecular flexibility index (Phi) is 7.15. The fourth-order valence-electron chi connectivity index (χ4n) is 2.15. The second kappa shape index (κ2) is 8.51. The molecule has 1 rings (SSSR count). The largest absolute Gasteiger partial charge is 0.383 e. The van der Waals surface area contributed by atoms with Crippen molar-refractivity contribution in [2.45, 2.75) is 19.3 Å². The smallest absolute Gasteiger partial charge is 0.0635 e. The number of nitriles is 1. The lowest BCUT2D eigenvalue weighted by Gasteiger charge is -2.29. The number of ether oxygens (including phenoxy) is 1. The standard InChI is InChI=1S/C12H23N3O/c1-16-10-9-15(8-2-5-13)11-12-3-6-14-7-4-12/h12,14H,2-4,6-11H2,1H3. The summed E-state index contributed by atoms with van der Waals surface area (Å²) in [7, 11) is 1.73. The molecule has 0 atom stereocenters. The van der Waals surface area contributed by atoms with E-state index in [2.05, 4.69) is 16.3 Å². The van der Waals surface area contributed by atoms with Gasteiger partial charge in [0, 0.05) is 33.2 Å². The number of rotatable bonds is 7. The molecule has 1 aliphatic rings. The maximum atomic E-state index is 8.63. The van der Waals surface area contributed by atoms with Crippen molar-refractivity contribution in [1.82, 2.24) is 10.2 Å². The molecule has 4 heteroatoms. The molecule has 1 fully saturated rings. The molecule has 0 aliphatic carbocycles. The summed E-state index contributed by atoms with van der Waals surface area (Å²) in [4.78, 5) is 2.36. The van der Waals surface area contributed by atoms with Gasteiger partial charge in [0.2, 0.25) is 0 Å². The van der Waals surface area contributed by atoms with Crippen LogP contribution in [0.5, 0.6) is 0 Å². The number of hydrogen-bond acceptors (Lipinski definition) is 4. The maximum absolute atomic E-state index is 8.63. The van der Waals surface area contributed by atoms with Gasteiger partial charge in [-0.15, -0.1) is 0 Å². The Bertz CT molecular complexity index is 209. The van der Waals surface area contributed by atoms with Crippen LogP contribution in [0.25, 0.3) is 0 Å². The summed E-state index contributed by atoms with van der Waals surface area (Å²) in [6, 6.07) is 2.22. The molecule has 0 aromatic rings. The van der Waals surface area contributed by atoms with Crippen LogP contribution in [0.2, 0.25) is 0 Å². The zero-order chi connectivity index (χ0) is 11.6. The molecule has 92 valence electrons. The van der Waals surface area contributed by atoms with E-state index >= 15 is 0 Å². The van der Waals surface area contributed by atoms with Gasteiger partial charge in [0.25, 0.3) is 0 Å². The van der Waals surface area contributed by atoms with Crippen molar-refractivity contribution in [3.05, 3.63) is 0 Å². The molecular weight excluding hydrogens is 202 g/mol. The van der Waals surface area contributed by atoms with E-state index in [0.29, 0.717) is 6.42 Å². The molecule has 1 aliphatic heterocycles. The number of nitrogens with one attached hydrogen (secondary N) is 1. The Morgan fingerprint density at radius 3 is 2.75 bits per heavy atom. The van der Waals surface area contributed by atoms with Crippen LogP contribution >= 0.6 is 0 Å². The molecule has 1 heterocycles. The molecule has 0 amide bonds. The van der Waals surface area contributed by atoms with Crippen molar-refractivity contribution < 1.29 is 4.74 Å². The zero-order valence-electron chi connectivity index (χ0n) is 10.2. The SMILES string of the molecule is COCCN(CCC#N)CC1CCNCC1. The molecule has 0 unspecified atom stereocenters. The van der Waals surface area contributed by atoms with Gasteiger partial charge >= 0.3 is 0 Å². The lowest BCUT2D eigenvalue weighted by atomic mass is 9.97. The summed E-state index contributed by atoms with van der Waals surface area (Å²) in [6.45, 7) is 5.98. The fourth-order valence-corrected chi connectivity index (χ4v) is 2.15. The summed E-state index contributed by atoms with van der Waals surface area (Å²) in [5.41, 5.74) is 0. The van der Waals surface area contributed by atoms with Crippen molar-refractivity contribution in [2.24, 2.45) is 5.92 Å². The van der Waals surface area contributed by atoms with Gasteiger partial charge in [-0.3, -0.25) is 4.90 Å². The van der Waals surface area contributed by atoms with Crippen LogP contribution in [0, 0.1) is 17.2 Å². The molecule has 1 N–H and O–H groups in total. The highest BCUT2D eigenvalue weighted by atomic mass is 16.5. The summed E-state index contributed by atoms with van der Waals surface area (Å²) in [6.07, 6.45) is 3.14. The highest BCUT2D eigenvalue weighted by Crippen LogP contribution is 2.13. The van der Waals surface area contributed by atoms with Crippen LogP contribution in [-0.4, -0.2) is 51.3 Å². The predicted octanol–water partition coefficient (Wildman–Crippen LogP) is 0.848. The minimum Gasteiger partial charge on any atom is -0.383 e. The van der Waals surface area contributed by atoms with Crippen LogP contribution < -0.4 is 5.32 Å². The molecule has 16 heavy (non-hydrogen) atoms. The monoisotopic (exact) mass is 225 g/mol. The quantitative estimate of drug-likeness (QED) is 0.698. The molecule has 0 radical (unpaired) electrons. The number of hydrogen-bond donors (Lipinski definition) is 1. The minimum absolute atomic E-state index is 0.620. The van der Waals surface area contributed by atoms with Gasteiger partial charge in [0.05, 0.1) is 12.7 Å². The summed E-state index contributed by atoms with van der Waals surface area (Å²) < 4.78 is 5.10. The molecule has 0 spiro atoms. The van der Waals surface area contributed by atoms with E-state index in [9.17, 15) is 0 Å². The van der Waals surface area contributed by atoms with Crippen molar-refractivity contribution in [1.29, 1.82) is 5.26 Å². The van der Waals surface area contributed by atoms with Crippen LogP contribution in [0.4, 0.5) is 0 Å². The number of methoxy groups -OCH3 is 1. The van der Waals surface area contributed by atoms with Crippen LogP contribution in [-0.2, 0) is 4.74 Å². The third-order valence-corrected chi connectivity index (χ3v) is 3.13. The first-order valence-electron chi connectivity index (χ1n) is 6.15. The van der Waals surface area contributed by atoms with Gasteiger partial charge in [-0.05, 0) is 31.8 Å². The van der Waals surface area contributed by atoms with Crippen LogP contribution in [0.15, 0.2) is 0 Å². The third-order valence-electron chi connectivity index (χ3n) is 3.13. The first-order valence-corrected chi connectivity index (χ1v) is 6.15. The molecule has 0 saturated carbocycles. The second-order valence-corrected chi connectivity index (χ2v) is 4.39. The topological polar surface area (TPSA) is 48.3 Å². The maximum Gasteiger partial charge on any atom is 0.0635 e. The average molecular weight is 225 g/mol. The Morgan fingerprint density at radius 2 is 2.12 bits per heavy atom. The van der Waals surface area contributed by atoms with E-state index in [1.54, 1.807) is 7.11 Å². The van der Waals surface area contributed by atoms with E-state index in [-0.39, 0.29) is 0 Å². The second-order valence-electron chi connectivity index (χ2n) is 4.39. The lowest BCUT2D eigenvalue weighted by Crippen LogP contribution is -2.38. The van der Waals surface area contributed by atoms with E-state index < -0.39 is 0 Å². The van der Waals surface area contributed by atoms with Crippen LogP contribution in [0.1, 0.15) is 19.3 Å². The molecule has 4 nitrogen and oxygen atoms in total. The molecular formula is C12H23N3O. The molecule has 0 aromatic heterocycles. The normalized spacial score (nSPS) is 17.6. The van der Waals surface area contributed by atoms with Gasteiger partial charge in [-0.1, -0.05) is 0 Å². The van der Waals surface area contributed by atoms with Crippen molar-refractivity contribution in [3.63, 3.8) is 0 Å². The van der Waals surface area contributed by atoms with Crippen molar-refractivity contribution in [3.8, 4) is 6.07 Å². The Morgan fingerprint density at radius 1 is 1.38 bits per heavy atom. The average Bonchev–Trinajstić information content (AvgIpc) is 2.34. The van der Waals surface area contributed by atoms with Gasteiger partial charge in [0.15, 0.2) is 0 Å². The Balaban J connectivity index is 2.26. The van der Waals surface area contributed by atoms with Gasteiger partial charge < -0.3 is 10.1 Å². The zero-order valence-corrected chi connectivity index (χ0v) is 10.2. The molecule has 1 saturated heterocycles. The predicted molar refractivity (Wildman–Crippen MR) is 64.1 cm³/mol. The highest BCUT2D eigenvalue weighted by Gasteiger charge is 2.16. The highest BCUT2D eigenvalue weighted by molar-refractivity contribution is 4.76. The molecule has 0 bridgehead atoms. The summed E-state index contributed by atoms with van der Waals surface area (Å²) >= 11 is 0. The van der Waals surface area contributed by atoms with Gasteiger partial charge in [-0.2, -0.15) is 5.26 Å². The van der Waals surface area contributed by atoms with Crippen LogP contribution in [0.3, 0.4) is 0 Å². The Labute approximate surface area is 98.6 Å². The summed E-state index contributed by atoms with van der Waals surface area (Å²) in [5.74, 6) is 0.789. The van der Waals surface area contributed by atoms with E-state index in [0.717, 1.165) is 45.2 Å². The van der Waals surface area contributed by atoms with E-state index in [1.165, 1.54) is 12.8 Å². The Hall–Kier alpha value is -0.630. The minimum atomic E-state index is 0.620. The molecule has 0 aromatic carbocycles. The third kappa shape index (κ3) is 5.45. The van der Waals surface area contributed by atoms with E-state index in [4.69, 9.17) is 10.00 Å². The number of nitrogens with zero attached hydrogens (tertiary/aromatic N) is 2. The fraction of sp³-hybridized carbons (Fsp3) is 0.917. The summed E-state index contributed by atoms with van der Waals surface area (Å²) in [5, 5.41) is 12.0. The van der Waals surface area contributed by atoms with Gasteiger partial charge in [-0.25, -0.2) is 0 Å². The van der Waals surface area contributed by atoms with Crippen molar-refractivity contribution in [2.75, 3.05) is 46.4 Å².